The van der Waals surface area contributed by atoms with Crippen LogP contribution in [0.5, 0.6) is 0 Å². The zero-order chi connectivity index (χ0) is 43.6. The lowest BCUT2D eigenvalue weighted by atomic mass is 9.91. The largest absolute Gasteiger partial charge is 0.310 e. The monoisotopic (exact) mass is 838 g/mol. The third-order valence-electron chi connectivity index (χ3n) is 13.5. The molecule has 0 atom stereocenters. The SMILES string of the molecule is c1ccc(-c2cc3ccccc3cc2-c2ccc(N(c3ccc(-c4ccc5c6ccc7ccccc7c6n(-c6ccccc6)c5c4)cc3)c3cc4ccccc4c4ccccc34)cc2)cc1. The van der Waals surface area contributed by atoms with Crippen LogP contribution in [0.1, 0.15) is 0 Å². The van der Waals surface area contributed by atoms with Gasteiger partial charge >= 0.3 is 0 Å². The van der Waals surface area contributed by atoms with Crippen LogP contribution in [0.15, 0.2) is 255 Å². The number of anilines is 3. The van der Waals surface area contributed by atoms with E-state index in [0.717, 1.165) is 22.7 Å². The third-order valence-corrected chi connectivity index (χ3v) is 13.5. The molecule has 1 aromatic heterocycles. The molecule has 2 nitrogen and oxygen atoms in total. The van der Waals surface area contributed by atoms with E-state index in [1.54, 1.807) is 0 Å². The Bertz CT molecular complexity index is 3960. The quantitative estimate of drug-likeness (QED) is 0.145. The van der Waals surface area contributed by atoms with Gasteiger partial charge in [0.2, 0.25) is 0 Å². The molecule has 2 heteroatoms. The van der Waals surface area contributed by atoms with Crippen LogP contribution in [-0.4, -0.2) is 4.57 Å². The summed E-state index contributed by atoms with van der Waals surface area (Å²) in [6, 6.07) is 93.3. The van der Waals surface area contributed by atoms with Crippen molar-refractivity contribution in [2.75, 3.05) is 4.90 Å². The molecular formula is C64H42N2. The van der Waals surface area contributed by atoms with Crippen LogP contribution < -0.4 is 4.90 Å². The van der Waals surface area contributed by atoms with Gasteiger partial charge in [0.05, 0.1) is 16.7 Å². The average Bonchev–Trinajstić information content (AvgIpc) is 3.73. The number of hydrogen-bond donors (Lipinski definition) is 0. The van der Waals surface area contributed by atoms with E-state index in [1.165, 1.54) is 98.3 Å². The summed E-state index contributed by atoms with van der Waals surface area (Å²) < 4.78 is 2.45. The predicted octanol–water partition coefficient (Wildman–Crippen LogP) is 17.9. The van der Waals surface area contributed by atoms with Gasteiger partial charge in [0.1, 0.15) is 0 Å². The number of benzene rings is 12. The first-order valence-electron chi connectivity index (χ1n) is 22.7. The second-order valence-electron chi connectivity index (χ2n) is 17.3. The second-order valence-corrected chi connectivity index (χ2v) is 17.3. The summed E-state index contributed by atoms with van der Waals surface area (Å²) >= 11 is 0. The molecule has 0 fully saturated rings. The first-order valence-corrected chi connectivity index (χ1v) is 22.7. The molecule has 308 valence electrons. The number of aromatic nitrogens is 1. The molecule has 13 rings (SSSR count). The van der Waals surface area contributed by atoms with Crippen LogP contribution in [0.25, 0.3) is 104 Å². The maximum absolute atomic E-state index is 2.45. The lowest BCUT2D eigenvalue weighted by Gasteiger charge is -2.28. The summed E-state index contributed by atoms with van der Waals surface area (Å²) in [5, 5.41) is 12.4. The molecule has 0 N–H and O–H groups in total. The summed E-state index contributed by atoms with van der Waals surface area (Å²) in [6.07, 6.45) is 0. The van der Waals surface area contributed by atoms with E-state index < -0.39 is 0 Å². The summed E-state index contributed by atoms with van der Waals surface area (Å²) in [7, 11) is 0. The number of nitrogens with zero attached hydrogens (tertiary/aromatic N) is 2. The van der Waals surface area contributed by atoms with Crippen molar-refractivity contribution < 1.29 is 0 Å². The van der Waals surface area contributed by atoms with Gasteiger partial charge < -0.3 is 9.47 Å². The van der Waals surface area contributed by atoms with Crippen LogP contribution in [-0.2, 0) is 0 Å². The molecule has 0 saturated heterocycles. The maximum Gasteiger partial charge on any atom is 0.0619 e. The highest BCUT2D eigenvalue weighted by Crippen LogP contribution is 2.45. The second kappa shape index (κ2) is 15.5. The van der Waals surface area contributed by atoms with Crippen LogP contribution in [0.3, 0.4) is 0 Å². The normalized spacial score (nSPS) is 11.6. The van der Waals surface area contributed by atoms with Crippen molar-refractivity contribution in [1.82, 2.24) is 4.57 Å². The van der Waals surface area contributed by atoms with Gasteiger partial charge in [-0.3, -0.25) is 0 Å². The molecule has 0 spiro atoms. The minimum absolute atomic E-state index is 1.09. The van der Waals surface area contributed by atoms with E-state index in [0.29, 0.717) is 0 Å². The lowest BCUT2D eigenvalue weighted by Crippen LogP contribution is -2.10. The smallest absolute Gasteiger partial charge is 0.0619 e. The van der Waals surface area contributed by atoms with Crippen molar-refractivity contribution >= 4 is 82.0 Å². The van der Waals surface area contributed by atoms with Crippen molar-refractivity contribution in [2.45, 2.75) is 0 Å². The Labute approximate surface area is 383 Å². The highest BCUT2D eigenvalue weighted by atomic mass is 15.1. The summed E-state index contributed by atoms with van der Waals surface area (Å²) in [5.41, 5.74) is 14.1. The molecular weight excluding hydrogens is 797 g/mol. The standard InChI is InChI=1S/C64H42N2/c1-3-15-44(16-4-1)60-39-47-18-7-8-19-48(47)40-61(60)46-29-35-53(36-30-46)65(62-42-50-20-10-11-23-54(50)56-25-13-14-26-57(56)62)52-33-27-43(28-34-52)49-32-37-58-59-38-31-45-17-9-12-24-55(45)64(59)66(63(58)41-49)51-21-5-2-6-22-51/h1-42H. The fourth-order valence-corrected chi connectivity index (χ4v) is 10.4. The van der Waals surface area contributed by atoms with Crippen LogP contribution in [0.4, 0.5) is 17.1 Å². The number of para-hydroxylation sites is 1. The molecule has 13 aromatic rings. The fourth-order valence-electron chi connectivity index (χ4n) is 10.4. The Kier molecular flexibility index (Phi) is 8.89. The van der Waals surface area contributed by atoms with Crippen molar-refractivity contribution in [2.24, 2.45) is 0 Å². The first-order chi connectivity index (χ1) is 32.7. The molecule has 66 heavy (non-hydrogen) atoms. The molecule has 0 saturated carbocycles. The summed E-state index contributed by atoms with van der Waals surface area (Å²) in [5.74, 6) is 0. The molecule has 0 aliphatic heterocycles. The summed E-state index contributed by atoms with van der Waals surface area (Å²) in [6.45, 7) is 0. The minimum atomic E-state index is 1.09. The van der Waals surface area contributed by atoms with Crippen LogP contribution in [0, 0.1) is 0 Å². The van der Waals surface area contributed by atoms with Gasteiger partial charge in [-0.15, -0.1) is 0 Å². The Balaban J connectivity index is 0.963. The first kappa shape index (κ1) is 37.8. The topological polar surface area (TPSA) is 8.17 Å². The van der Waals surface area contributed by atoms with Crippen LogP contribution >= 0.6 is 0 Å². The Morgan fingerprint density at radius 2 is 0.773 bits per heavy atom. The maximum atomic E-state index is 2.45. The Morgan fingerprint density at radius 1 is 0.273 bits per heavy atom. The van der Waals surface area contributed by atoms with E-state index in [-0.39, 0.29) is 0 Å². The van der Waals surface area contributed by atoms with Gasteiger partial charge in [-0.1, -0.05) is 194 Å². The Morgan fingerprint density at radius 3 is 1.45 bits per heavy atom. The van der Waals surface area contributed by atoms with E-state index in [4.69, 9.17) is 0 Å². The zero-order valence-corrected chi connectivity index (χ0v) is 36.1. The molecule has 0 aliphatic carbocycles. The fraction of sp³-hybridized carbons (Fsp3) is 0. The van der Waals surface area contributed by atoms with Gasteiger partial charge in [-0.25, -0.2) is 0 Å². The average molecular weight is 839 g/mol. The van der Waals surface area contributed by atoms with Crippen molar-refractivity contribution in [1.29, 1.82) is 0 Å². The molecule has 0 unspecified atom stereocenters. The number of hydrogen-bond acceptors (Lipinski definition) is 1. The van der Waals surface area contributed by atoms with E-state index in [1.807, 2.05) is 0 Å². The van der Waals surface area contributed by atoms with Crippen molar-refractivity contribution in [3.8, 4) is 39.1 Å². The molecule has 12 aromatic carbocycles. The molecule has 0 radical (unpaired) electrons. The van der Waals surface area contributed by atoms with Gasteiger partial charge in [0.15, 0.2) is 0 Å². The minimum Gasteiger partial charge on any atom is -0.310 e. The van der Waals surface area contributed by atoms with Crippen molar-refractivity contribution in [3.05, 3.63) is 255 Å². The highest BCUT2D eigenvalue weighted by Gasteiger charge is 2.20. The third kappa shape index (κ3) is 6.26. The lowest BCUT2D eigenvalue weighted by molar-refractivity contribution is 1.19. The van der Waals surface area contributed by atoms with Gasteiger partial charge in [-0.05, 0) is 126 Å². The van der Waals surface area contributed by atoms with E-state index >= 15 is 0 Å². The van der Waals surface area contributed by atoms with E-state index in [9.17, 15) is 0 Å². The molecule has 0 aliphatic rings. The van der Waals surface area contributed by atoms with Crippen LogP contribution in [0.2, 0.25) is 0 Å². The number of fused-ring (bicyclic) bond motifs is 9. The van der Waals surface area contributed by atoms with E-state index in [2.05, 4.69) is 264 Å². The Hall–Kier alpha value is -8.72. The highest BCUT2D eigenvalue weighted by molar-refractivity contribution is 6.19. The van der Waals surface area contributed by atoms with Gasteiger partial charge in [-0.2, -0.15) is 0 Å². The molecule has 0 bridgehead atoms. The molecule has 0 amide bonds. The zero-order valence-electron chi connectivity index (χ0n) is 36.1. The van der Waals surface area contributed by atoms with Gasteiger partial charge in [0.25, 0.3) is 0 Å². The van der Waals surface area contributed by atoms with Gasteiger partial charge in [0, 0.05) is 38.6 Å². The van der Waals surface area contributed by atoms with Crippen molar-refractivity contribution in [3.63, 3.8) is 0 Å². The summed E-state index contributed by atoms with van der Waals surface area (Å²) in [4.78, 5) is 2.43. The predicted molar refractivity (Wildman–Crippen MR) is 282 cm³/mol. The number of rotatable bonds is 7. The molecule has 1 heterocycles.